The summed E-state index contributed by atoms with van der Waals surface area (Å²) < 4.78 is 0. The number of anilines is 1. The minimum Gasteiger partial charge on any atom is -0.353 e. The van der Waals surface area contributed by atoms with Crippen LogP contribution in [0.1, 0.15) is 31.4 Å². The molecule has 0 amide bonds. The van der Waals surface area contributed by atoms with Crippen LogP contribution in [-0.4, -0.2) is 66.3 Å². The van der Waals surface area contributed by atoms with Crippen LogP contribution in [0.25, 0.3) is 11.3 Å². The largest absolute Gasteiger partial charge is 0.353 e. The Morgan fingerprint density at radius 3 is 2.12 bits per heavy atom. The normalized spacial score (nSPS) is 20.5. The van der Waals surface area contributed by atoms with E-state index in [1.807, 2.05) is 0 Å². The zero-order valence-corrected chi connectivity index (χ0v) is 15.9. The van der Waals surface area contributed by atoms with Crippen molar-refractivity contribution in [1.29, 1.82) is 0 Å². The fraction of sp³-hybridized carbons (Fsp3) is 0.524. The molecule has 1 aromatic carbocycles. The van der Waals surface area contributed by atoms with Crippen LogP contribution in [0.3, 0.4) is 0 Å². The molecular weight excluding hydrogens is 322 g/mol. The van der Waals surface area contributed by atoms with Crippen LogP contribution in [0.5, 0.6) is 0 Å². The molecule has 0 N–H and O–H groups in total. The van der Waals surface area contributed by atoms with Crippen LogP contribution in [0.15, 0.2) is 36.4 Å². The van der Waals surface area contributed by atoms with Crippen molar-refractivity contribution in [2.45, 2.75) is 25.8 Å². The first-order chi connectivity index (χ1) is 12.7. The summed E-state index contributed by atoms with van der Waals surface area (Å²) >= 11 is 0. The van der Waals surface area contributed by atoms with Crippen molar-refractivity contribution in [2.24, 2.45) is 0 Å². The highest BCUT2D eigenvalue weighted by Crippen LogP contribution is 2.27. The Balaban J connectivity index is 1.44. The summed E-state index contributed by atoms with van der Waals surface area (Å²) in [5.41, 5.74) is 3.47. The summed E-state index contributed by atoms with van der Waals surface area (Å²) in [6, 6.07) is 13.6. The van der Waals surface area contributed by atoms with Crippen molar-refractivity contribution in [3.63, 3.8) is 0 Å². The lowest BCUT2D eigenvalue weighted by molar-refractivity contribution is 0.263. The zero-order chi connectivity index (χ0) is 17.9. The van der Waals surface area contributed by atoms with Crippen molar-refractivity contribution in [3.8, 4) is 11.3 Å². The highest BCUT2D eigenvalue weighted by molar-refractivity contribution is 5.60. The molecule has 1 aromatic heterocycles. The maximum atomic E-state index is 4.48. The third-order valence-corrected chi connectivity index (χ3v) is 5.85. The number of likely N-dealkylation sites (N-methyl/N-ethyl adjacent to an activating group) is 1. The molecule has 1 atom stereocenters. The van der Waals surface area contributed by atoms with Gasteiger partial charge in [0.25, 0.3) is 0 Å². The van der Waals surface area contributed by atoms with E-state index in [0.29, 0.717) is 6.04 Å². The number of nitrogens with zero attached hydrogens (tertiary/aromatic N) is 5. The first-order valence-corrected chi connectivity index (χ1v) is 9.82. The number of rotatable bonds is 4. The third kappa shape index (κ3) is 3.74. The third-order valence-electron chi connectivity index (χ3n) is 5.85. The number of hydrogen-bond donors (Lipinski definition) is 0. The Bertz CT molecular complexity index is 698. The fourth-order valence-corrected chi connectivity index (χ4v) is 3.96. The van der Waals surface area contributed by atoms with E-state index in [1.54, 1.807) is 0 Å². The van der Waals surface area contributed by atoms with E-state index in [4.69, 9.17) is 0 Å². The quantitative estimate of drug-likeness (QED) is 0.846. The maximum absolute atomic E-state index is 4.48. The molecule has 0 bridgehead atoms. The van der Waals surface area contributed by atoms with Crippen molar-refractivity contribution >= 4 is 5.82 Å². The lowest BCUT2D eigenvalue weighted by atomic mass is 10.0. The van der Waals surface area contributed by atoms with Crippen molar-refractivity contribution in [2.75, 3.05) is 51.2 Å². The van der Waals surface area contributed by atoms with E-state index in [-0.39, 0.29) is 0 Å². The molecule has 4 rings (SSSR count). The summed E-state index contributed by atoms with van der Waals surface area (Å²) in [5.74, 6) is 0.987. The summed E-state index contributed by atoms with van der Waals surface area (Å²) in [5, 5.41) is 8.95. The first-order valence-electron chi connectivity index (χ1n) is 9.82. The minimum absolute atomic E-state index is 0.497. The zero-order valence-electron chi connectivity index (χ0n) is 15.9. The van der Waals surface area contributed by atoms with E-state index in [1.165, 1.54) is 31.5 Å². The van der Waals surface area contributed by atoms with E-state index in [0.717, 1.165) is 43.3 Å². The van der Waals surface area contributed by atoms with Gasteiger partial charge in [0.1, 0.15) is 0 Å². The summed E-state index contributed by atoms with van der Waals surface area (Å²) in [6.07, 6.45) is 2.66. The molecule has 0 unspecified atom stereocenters. The van der Waals surface area contributed by atoms with Gasteiger partial charge in [-0.3, -0.25) is 4.90 Å². The molecule has 0 aliphatic carbocycles. The van der Waals surface area contributed by atoms with Crippen molar-refractivity contribution in [3.05, 3.63) is 42.0 Å². The Labute approximate surface area is 156 Å². The van der Waals surface area contributed by atoms with Crippen LogP contribution < -0.4 is 4.90 Å². The van der Waals surface area contributed by atoms with Crippen molar-refractivity contribution < 1.29 is 0 Å². The van der Waals surface area contributed by atoms with Gasteiger partial charge in [-0.05, 0) is 57.6 Å². The van der Waals surface area contributed by atoms with Gasteiger partial charge in [0.05, 0.1) is 5.69 Å². The second kappa shape index (κ2) is 7.72. The predicted molar refractivity (Wildman–Crippen MR) is 106 cm³/mol. The van der Waals surface area contributed by atoms with Crippen LogP contribution >= 0.6 is 0 Å². The van der Waals surface area contributed by atoms with E-state index < -0.39 is 0 Å². The topological polar surface area (TPSA) is 35.5 Å². The summed E-state index contributed by atoms with van der Waals surface area (Å²) in [4.78, 5) is 7.24. The molecule has 2 aromatic rings. The number of hydrogen-bond acceptors (Lipinski definition) is 5. The molecule has 0 spiro atoms. The van der Waals surface area contributed by atoms with Gasteiger partial charge in [-0.15, -0.1) is 10.2 Å². The number of aromatic nitrogens is 2. The van der Waals surface area contributed by atoms with Crippen LogP contribution in [0.4, 0.5) is 5.82 Å². The molecule has 2 fully saturated rings. The molecule has 138 valence electrons. The molecule has 0 saturated carbocycles. The smallest absolute Gasteiger partial charge is 0.151 e. The molecular formula is C21H29N5. The summed E-state index contributed by atoms with van der Waals surface area (Å²) in [7, 11) is 2.17. The monoisotopic (exact) mass is 351 g/mol. The highest BCUT2D eigenvalue weighted by atomic mass is 15.3. The van der Waals surface area contributed by atoms with Crippen LogP contribution in [0, 0.1) is 0 Å². The van der Waals surface area contributed by atoms with Gasteiger partial charge in [-0.1, -0.05) is 24.3 Å². The average molecular weight is 351 g/mol. The Hall–Kier alpha value is -1.98. The first kappa shape index (κ1) is 17.4. The van der Waals surface area contributed by atoms with E-state index in [9.17, 15) is 0 Å². The van der Waals surface area contributed by atoms with Gasteiger partial charge >= 0.3 is 0 Å². The fourth-order valence-electron chi connectivity index (χ4n) is 3.96. The lowest BCUT2D eigenvalue weighted by Gasteiger charge is -2.32. The maximum Gasteiger partial charge on any atom is 0.151 e. The standard InChI is InChI=1S/C21H29N5/c1-17(25-11-3-4-12-25)18-5-7-19(8-6-18)20-9-10-21(23-22-20)26-15-13-24(2)14-16-26/h5-10,17H,3-4,11-16H2,1-2H3/t17-/m1/s1. The lowest BCUT2D eigenvalue weighted by Crippen LogP contribution is -2.44. The van der Waals surface area contributed by atoms with Gasteiger partial charge in [0, 0.05) is 37.8 Å². The second-order valence-corrected chi connectivity index (χ2v) is 7.61. The summed E-state index contributed by atoms with van der Waals surface area (Å²) in [6.45, 7) is 8.97. The Morgan fingerprint density at radius 1 is 0.808 bits per heavy atom. The molecule has 3 heterocycles. The molecule has 0 radical (unpaired) electrons. The van der Waals surface area contributed by atoms with Gasteiger partial charge in [-0.25, -0.2) is 0 Å². The van der Waals surface area contributed by atoms with Gasteiger partial charge in [0.2, 0.25) is 0 Å². The minimum atomic E-state index is 0.497. The highest BCUT2D eigenvalue weighted by Gasteiger charge is 2.19. The SMILES string of the molecule is C[C@H](c1ccc(-c2ccc(N3CCN(C)CC3)nn2)cc1)N1CCCC1. The van der Waals surface area contributed by atoms with Crippen LogP contribution in [-0.2, 0) is 0 Å². The van der Waals surface area contributed by atoms with Crippen molar-refractivity contribution in [1.82, 2.24) is 20.0 Å². The molecule has 2 aliphatic rings. The van der Waals surface area contributed by atoms with E-state index >= 15 is 0 Å². The second-order valence-electron chi connectivity index (χ2n) is 7.61. The van der Waals surface area contributed by atoms with Gasteiger partial charge in [0.15, 0.2) is 5.82 Å². The van der Waals surface area contributed by atoms with Gasteiger partial charge in [-0.2, -0.15) is 0 Å². The molecule has 5 heteroatoms. The van der Waals surface area contributed by atoms with Gasteiger partial charge < -0.3 is 9.80 Å². The molecule has 2 aliphatic heterocycles. The number of likely N-dealkylation sites (tertiary alicyclic amines) is 1. The number of benzene rings is 1. The molecule has 2 saturated heterocycles. The Morgan fingerprint density at radius 2 is 1.50 bits per heavy atom. The Kier molecular flexibility index (Phi) is 5.18. The molecule has 5 nitrogen and oxygen atoms in total. The number of piperazine rings is 1. The predicted octanol–water partition coefficient (Wildman–Crippen LogP) is 3.05. The molecule has 26 heavy (non-hydrogen) atoms. The van der Waals surface area contributed by atoms with Crippen LogP contribution in [0.2, 0.25) is 0 Å². The average Bonchev–Trinajstić information content (AvgIpc) is 3.23. The van der Waals surface area contributed by atoms with E-state index in [2.05, 4.69) is 75.3 Å².